The maximum atomic E-state index is 11.6. The largest absolute Gasteiger partial charge is 0.389 e. The van der Waals surface area contributed by atoms with Crippen LogP contribution in [0.15, 0.2) is 17.5 Å². The van der Waals surface area contributed by atoms with Gasteiger partial charge in [-0.15, -0.1) is 11.3 Å². The van der Waals surface area contributed by atoms with Crippen LogP contribution in [0.5, 0.6) is 0 Å². The van der Waals surface area contributed by atoms with Gasteiger partial charge in [-0.2, -0.15) is 0 Å². The topological polar surface area (TPSA) is 68.0 Å². The Morgan fingerprint density at radius 3 is 3.00 bits per heavy atom. The van der Waals surface area contributed by atoms with Gasteiger partial charge >= 0.3 is 0 Å². The number of aryl methyl sites for hydroxylation is 1. The zero-order chi connectivity index (χ0) is 11.5. The number of nitrogens with two attached hydrogens (primary N) is 1. The van der Waals surface area contributed by atoms with Crippen molar-refractivity contribution in [1.82, 2.24) is 4.98 Å². The minimum Gasteiger partial charge on any atom is -0.389 e. The van der Waals surface area contributed by atoms with Crippen molar-refractivity contribution in [1.29, 1.82) is 0 Å². The average Bonchev–Trinajstić information content (AvgIpc) is 2.78. The molecule has 0 aliphatic rings. The number of rotatable bonds is 3. The first-order chi connectivity index (χ1) is 7.65. The lowest BCUT2D eigenvalue weighted by Crippen LogP contribution is -2.13. The summed E-state index contributed by atoms with van der Waals surface area (Å²) in [6, 6.07) is 3.87. The number of nitrogen functional groups attached to an aromatic ring is 1. The van der Waals surface area contributed by atoms with Gasteiger partial charge < -0.3 is 11.1 Å². The Kier molecular flexibility index (Phi) is 3.21. The van der Waals surface area contributed by atoms with Crippen molar-refractivity contribution in [3.05, 3.63) is 28.1 Å². The van der Waals surface area contributed by atoms with Gasteiger partial charge in [0.1, 0.15) is 5.00 Å². The Morgan fingerprint density at radius 1 is 1.62 bits per heavy atom. The lowest BCUT2D eigenvalue weighted by Gasteiger charge is -1.98. The molecule has 0 fully saturated rings. The minimum atomic E-state index is -0.0591. The van der Waals surface area contributed by atoms with Gasteiger partial charge in [0, 0.05) is 4.88 Å². The van der Waals surface area contributed by atoms with Crippen molar-refractivity contribution in [2.45, 2.75) is 13.3 Å². The van der Waals surface area contributed by atoms with E-state index in [-0.39, 0.29) is 5.91 Å². The fraction of sp³-hybridized carbons (Fsp3) is 0.200. The third-order valence-electron chi connectivity index (χ3n) is 1.99. The quantitative estimate of drug-likeness (QED) is 0.881. The molecule has 2 aromatic rings. The second kappa shape index (κ2) is 4.63. The maximum Gasteiger partial charge on any atom is 0.231 e. The maximum absolute atomic E-state index is 11.6. The van der Waals surface area contributed by atoms with Gasteiger partial charge in [0.05, 0.1) is 12.1 Å². The Bertz CT molecular complexity index is 471. The molecule has 2 heterocycles. The lowest BCUT2D eigenvalue weighted by molar-refractivity contribution is -0.115. The predicted molar refractivity (Wildman–Crippen MR) is 67.9 cm³/mol. The van der Waals surface area contributed by atoms with Crippen molar-refractivity contribution >= 4 is 38.7 Å². The molecule has 1 amide bonds. The average molecular weight is 253 g/mol. The van der Waals surface area contributed by atoms with E-state index in [1.54, 1.807) is 11.3 Å². The summed E-state index contributed by atoms with van der Waals surface area (Å²) in [6.45, 7) is 1.82. The second-order valence-corrected chi connectivity index (χ2v) is 5.34. The fourth-order valence-corrected chi connectivity index (χ4v) is 2.65. The SMILES string of the molecule is Cc1nc(NC(=O)Cc2cccs2)sc1N. The molecule has 0 radical (unpaired) electrons. The highest BCUT2D eigenvalue weighted by atomic mass is 32.1. The molecular formula is C10H11N3OS2. The number of nitrogens with zero attached hydrogens (tertiary/aromatic N) is 1. The zero-order valence-corrected chi connectivity index (χ0v) is 10.3. The molecule has 84 valence electrons. The number of thiazole rings is 1. The first kappa shape index (κ1) is 11.1. The summed E-state index contributed by atoms with van der Waals surface area (Å²) in [5.41, 5.74) is 6.42. The first-order valence-corrected chi connectivity index (χ1v) is 6.40. The summed E-state index contributed by atoms with van der Waals surface area (Å²) in [5, 5.41) is 5.90. The monoisotopic (exact) mass is 253 g/mol. The van der Waals surface area contributed by atoms with E-state index in [9.17, 15) is 4.79 Å². The standard InChI is InChI=1S/C10H11N3OS2/c1-6-9(11)16-10(12-6)13-8(14)5-7-3-2-4-15-7/h2-4H,5,11H2,1H3,(H,12,13,14). The Hall–Kier alpha value is -1.40. The fourth-order valence-electron chi connectivity index (χ4n) is 1.20. The van der Waals surface area contributed by atoms with Crippen LogP contribution in [0.3, 0.4) is 0 Å². The molecule has 3 N–H and O–H groups in total. The number of nitrogens with one attached hydrogen (secondary N) is 1. The van der Waals surface area contributed by atoms with Crippen LogP contribution >= 0.6 is 22.7 Å². The van der Waals surface area contributed by atoms with Crippen LogP contribution in [-0.2, 0) is 11.2 Å². The summed E-state index contributed by atoms with van der Waals surface area (Å²) >= 11 is 2.86. The third kappa shape index (κ3) is 2.59. The Morgan fingerprint density at radius 2 is 2.44 bits per heavy atom. The molecule has 0 saturated heterocycles. The number of thiophene rings is 1. The number of amides is 1. The molecule has 0 unspecified atom stereocenters. The van der Waals surface area contributed by atoms with Crippen LogP contribution in [0.2, 0.25) is 0 Å². The van der Waals surface area contributed by atoms with Crippen LogP contribution in [0.4, 0.5) is 10.1 Å². The van der Waals surface area contributed by atoms with Gasteiger partial charge in [-0.3, -0.25) is 4.79 Å². The van der Waals surface area contributed by atoms with Crippen LogP contribution < -0.4 is 11.1 Å². The number of anilines is 2. The van der Waals surface area contributed by atoms with Gasteiger partial charge in [0.15, 0.2) is 5.13 Å². The summed E-state index contributed by atoms with van der Waals surface area (Å²) in [4.78, 5) is 16.8. The van der Waals surface area contributed by atoms with E-state index in [1.807, 2.05) is 24.4 Å². The molecule has 0 bridgehead atoms. The van der Waals surface area contributed by atoms with E-state index < -0.39 is 0 Å². The molecule has 0 spiro atoms. The Balaban J connectivity index is 1.97. The smallest absolute Gasteiger partial charge is 0.231 e. The molecule has 2 aromatic heterocycles. The summed E-state index contributed by atoms with van der Waals surface area (Å²) in [7, 11) is 0. The van der Waals surface area contributed by atoms with Crippen molar-refractivity contribution in [3.8, 4) is 0 Å². The van der Waals surface area contributed by atoms with E-state index in [4.69, 9.17) is 5.73 Å². The molecule has 6 heteroatoms. The highest BCUT2D eigenvalue weighted by Crippen LogP contribution is 2.24. The number of hydrogen-bond donors (Lipinski definition) is 2. The minimum absolute atomic E-state index is 0.0591. The number of carbonyl (C=O) groups excluding carboxylic acids is 1. The number of carbonyl (C=O) groups is 1. The molecule has 4 nitrogen and oxygen atoms in total. The van der Waals surface area contributed by atoms with Crippen LogP contribution in [-0.4, -0.2) is 10.9 Å². The van der Waals surface area contributed by atoms with E-state index in [0.29, 0.717) is 16.6 Å². The van der Waals surface area contributed by atoms with Crippen molar-refractivity contribution in [2.75, 3.05) is 11.1 Å². The van der Waals surface area contributed by atoms with E-state index in [0.717, 1.165) is 10.6 Å². The molecule has 0 aromatic carbocycles. The first-order valence-electron chi connectivity index (χ1n) is 4.70. The van der Waals surface area contributed by atoms with Crippen molar-refractivity contribution in [2.24, 2.45) is 0 Å². The summed E-state index contributed by atoms with van der Waals surface area (Å²) in [6.07, 6.45) is 0.385. The van der Waals surface area contributed by atoms with Gasteiger partial charge in [-0.05, 0) is 18.4 Å². The zero-order valence-electron chi connectivity index (χ0n) is 8.69. The molecule has 16 heavy (non-hydrogen) atoms. The van der Waals surface area contributed by atoms with Crippen molar-refractivity contribution < 1.29 is 4.79 Å². The summed E-state index contributed by atoms with van der Waals surface area (Å²) < 4.78 is 0. The van der Waals surface area contributed by atoms with Gasteiger partial charge in [-0.25, -0.2) is 4.98 Å². The highest BCUT2D eigenvalue weighted by Gasteiger charge is 2.09. The second-order valence-electron chi connectivity index (χ2n) is 3.27. The molecule has 0 saturated carbocycles. The lowest BCUT2D eigenvalue weighted by atomic mass is 10.3. The normalized spacial score (nSPS) is 10.3. The van der Waals surface area contributed by atoms with Gasteiger partial charge in [0.2, 0.25) is 5.91 Å². The van der Waals surface area contributed by atoms with Gasteiger partial charge in [-0.1, -0.05) is 17.4 Å². The van der Waals surface area contributed by atoms with Crippen LogP contribution in [0, 0.1) is 6.92 Å². The molecular weight excluding hydrogens is 242 g/mol. The highest BCUT2D eigenvalue weighted by molar-refractivity contribution is 7.19. The molecule has 0 atom stereocenters. The van der Waals surface area contributed by atoms with Crippen molar-refractivity contribution in [3.63, 3.8) is 0 Å². The molecule has 2 rings (SSSR count). The van der Waals surface area contributed by atoms with E-state index in [2.05, 4.69) is 10.3 Å². The number of hydrogen-bond acceptors (Lipinski definition) is 5. The van der Waals surface area contributed by atoms with E-state index >= 15 is 0 Å². The summed E-state index contributed by atoms with van der Waals surface area (Å²) in [5.74, 6) is -0.0591. The van der Waals surface area contributed by atoms with E-state index in [1.165, 1.54) is 11.3 Å². The van der Waals surface area contributed by atoms with Crippen LogP contribution in [0.25, 0.3) is 0 Å². The number of aromatic nitrogens is 1. The third-order valence-corrected chi connectivity index (χ3v) is 3.77. The van der Waals surface area contributed by atoms with Gasteiger partial charge in [0.25, 0.3) is 0 Å². The molecule has 0 aliphatic heterocycles. The molecule has 0 aliphatic carbocycles. The Labute approximate surface area is 101 Å². The van der Waals surface area contributed by atoms with Crippen LogP contribution in [0.1, 0.15) is 10.6 Å². The predicted octanol–water partition coefficient (Wildman–Crippen LogP) is 2.28.